The molecule has 3 aromatic carbocycles. The second-order valence-electron chi connectivity index (χ2n) is 13.8. The normalized spacial score (nSPS) is 14.1. The third-order valence-corrected chi connectivity index (χ3v) is 13.2. The van der Waals surface area contributed by atoms with Gasteiger partial charge >= 0.3 is 11.9 Å². The Morgan fingerprint density at radius 1 is 0.792 bits per heavy atom. The Morgan fingerprint density at radius 2 is 1.47 bits per heavy atom. The molecule has 1 heterocycles. The second kappa shape index (κ2) is 17.0. The molecule has 6 rings (SSSR count). The third-order valence-electron chi connectivity index (χ3n) is 9.90. The number of nitrogens with zero attached hydrogens (tertiary/aromatic N) is 1. The Balaban J connectivity index is 1.10. The molecule has 0 unspecified atom stereocenters. The number of aliphatic carboxylic acids is 1. The van der Waals surface area contributed by atoms with Crippen LogP contribution in [-0.2, 0) is 46.9 Å². The largest absolute Gasteiger partial charge is 0.481 e. The van der Waals surface area contributed by atoms with Crippen LogP contribution in [-0.4, -0.2) is 59.2 Å². The highest BCUT2D eigenvalue weighted by Crippen LogP contribution is 2.36. The third kappa shape index (κ3) is 9.67. The number of sulfonamides is 1. The highest BCUT2D eigenvalue weighted by Gasteiger charge is 2.38. The number of unbranched alkanes of at least 4 members (excludes halogenated alkanes) is 1. The molecule has 0 aliphatic heterocycles. The van der Waals surface area contributed by atoms with Gasteiger partial charge in [-0.3, -0.25) is 14.4 Å². The van der Waals surface area contributed by atoms with Crippen molar-refractivity contribution < 1.29 is 37.8 Å². The monoisotopic (exact) mass is 756 g/mol. The summed E-state index contributed by atoms with van der Waals surface area (Å²) in [5, 5.41) is 21.1. The molecule has 0 radical (unpaired) electrons. The number of Topliss-reactive ketones (excluding diaryl/α,β-unsaturated/α-hetero) is 1. The zero-order valence-electron chi connectivity index (χ0n) is 29.5. The van der Waals surface area contributed by atoms with E-state index >= 15 is 0 Å². The quantitative estimate of drug-likeness (QED) is 0.0693. The lowest BCUT2D eigenvalue weighted by Gasteiger charge is -2.22. The van der Waals surface area contributed by atoms with Crippen molar-refractivity contribution in [1.29, 1.82) is 0 Å². The summed E-state index contributed by atoms with van der Waals surface area (Å²) in [7, 11) is -3.87. The first-order chi connectivity index (χ1) is 25.5. The topological polar surface area (TPSA) is 158 Å². The highest BCUT2D eigenvalue weighted by atomic mass is 32.2. The van der Waals surface area contributed by atoms with Crippen LogP contribution in [0, 0.1) is 0 Å². The minimum atomic E-state index is -3.87. The summed E-state index contributed by atoms with van der Waals surface area (Å²) < 4.78 is 28.8. The number of carboxylic acids is 2. The van der Waals surface area contributed by atoms with Crippen LogP contribution >= 0.6 is 11.3 Å². The number of carbonyl (C=O) groups is 4. The minimum absolute atomic E-state index is 0.0107. The van der Waals surface area contributed by atoms with Crippen molar-refractivity contribution in [3.05, 3.63) is 116 Å². The summed E-state index contributed by atoms with van der Waals surface area (Å²) in [6, 6.07) is 20.6. The van der Waals surface area contributed by atoms with E-state index in [2.05, 4.69) is 5.32 Å². The van der Waals surface area contributed by atoms with Crippen LogP contribution in [0.3, 0.4) is 0 Å². The summed E-state index contributed by atoms with van der Waals surface area (Å²) in [5.41, 5.74) is 5.06. The lowest BCUT2D eigenvalue weighted by molar-refractivity contribution is -0.137. The molecule has 12 heteroatoms. The Bertz CT molecular complexity index is 2080. The molecule has 4 aromatic rings. The number of hydrogen-bond donors (Lipinski definition) is 3. The van der Waals surface area contributed by atoms with Gasteiger partial charge in [0.25, 0.3) is 5.91 Å². The minimum Gasteiger partial charge on any atom is -0.481 e. The molecule has 1 aromatic heterocycles. The lowest BCUT2D eigenvalue weighted by atomic mass is 9.93. The number of carbonyl (C=O) groups excluding carboxylic acids is 2. The van der Waals surface area contributed by atoms with Crippen LogP contribution in [0.2, 0.25) is 0 Å². The van der Waals surface area contributed by atoms with Crippen molar-refractivity contribution in [1.82, 2.24) is 4.31 Å². The molecular weight excluding hydrogens is 713 g/mol. The van der Waals surface area contributed by atoms with E-state index in [1.165, 1.54) is 21.3 Å². The number of amides is 1. The summed E-state index contributed by atoms with van der Waals surface area (Å²) in [6.45, 7) is 0.239. The molecule has 2 aliphatic rings. The highest BCUT2D eigenvalue weighted by molar-refractivity contribution is 7.89. The molecule has 0 spiro atoms. The van der Waals surface area contributed by atoms with Crippen LogP contribution in [0.1, 0.15) is 109 Å². The summed E-state index contributed by atoms with van der Waals surface area (Å²) in [5.74, 6) is -2.26. The zero-order valence-corrected chi connectivity index (χ0v) is 31.1. The van der Waals surface area contributed by atoms with E-state index in [0.29, 0.717) is 36.1 Å². The number of anilines is 1. The number of hydrogen-bond acceptors (Lipinski definition) is 7. The predicted octanol–water partition coefficient (Wildman–Crippen LogP) is 7.59. The first-order valence-corrected chi connectivity index (χ1v) is 20.5. The predicted molar refractivity (Wildman–Crippen MR) is 204 cm³/mol. The van der Waals surface area contributed by atoms with E-state index in [9.17, 15) is 27.6 Å². The van der Waals surface area contributed by atoms with Gasteiger partial charge in [-0.25, -0.2) is 13.2 Å². The Morgan fingerprint density at radius 3 is 2.13 bits per heavy atom. The number of thiophene rings is 1. The fourth-order valence-corrected chi connectivity index (χ4v) is 10.0. The summed E-state index contributed by atoms with van der Waals surface area (Å²) >= 11 is 1.60. The summed E-state index contributed by atoms with van der Waals surface area (Å²) in [4.78, 5) is 51.5. The van der Waals surface area contributed by atoms with Crippen molar-refractivity contribution in [3.8, 4) is 0 Å². The van der Waals surface area contributed by atoms with Gasteiger partial charge in [0.1, 0.15) is 0 Å². The molecule has 1 fully saturated rings. The molecule has 0 bridgehead atoms. The van der Waals surface area contributed by atoms with Gasteiger partial charge in [-0.1, -0.05) is 36.4 Å². The van der Waals surface area contributed by atoms with Crippen LogP contribution in [0.25, 0.3) is 0 Å². The standard InChI is InChI=1S/C41H44N2O8S2/c44-35(30-6-5-7-33(26-30)53(50,51)43(32-21-22-32)25-4-3-10-38(45)46)23-24-37-39(34-8-1-2-9-36(34)52-37)40(47)42-31-19-15-28(16-20-31)12-11-27-13-17-29(18-14-27)41(48)49/h5-7,13-20,26,32H,1-4,8-12,21-25H2,(H,42,47)(H,45,46)(H,48,49). The fraction of sp³-hybridized carbons (Fsp3) is 0.366. The van der Waals surface area contributed by atoms with Gasteiger partial charge in [0.2, 0.25) is 10.0 Å². The molecule has 3 N–H and O–H groups in total. The molecular formula is C41H44N2O8S2. The van der Waals surface area contributed by atoms with Gasteiger partial charge < -0.3 is 15.5 Å². The summed E-state index contributed by atoms with van der Waals surface area (Å²) in [6.07, 6.45) is 8.10. The van der Waals surface area contributed by atoms with Gasteiger partial charge in [-0.2, -0.15) is 4.31 Å². The Labute approximate surface area is 313 Å². The van der Waals surface area contributed by atoms with Crippen LogP contribution in [0.15, 0.2) is 77.7 Å². The first kappa shape index (κ1) is 38.1. The van der Waals surface area contributed by atoms with E-state index in [1.807, 2.05) is 36.4 Å². The molecule has 278 valence electrons. The molecule has 0 atom stereocenters. The Kier molecular flexibility index (Phi) is 12.2. The molecule has 1 amide bonds. The number of nitrogens with one attached hydrogen (secondary N) is 1. The fourth-order valence-electron chi connectivity index (χ4n) is 6.86. The number of aromatic carboxylic acids is 1. The van der Waals surface area contributed by atoms with E-state index in [4.69, 9.17) is 10.2 Å². The van der Waals surface area contributed by atoms with Crippen molar-refractivity contribution in [2.24, 2.45) is 0 Å². The van der Waals surface area contributed by atoms with Crippen molar-refractivity contribution in [2.75, 3.05) is 11.9 Å². The van der Waals surface area contributed by atoms with Crippen molar-refractivity contribution >= 4 is 50.7 Å². The maximum atomic E-state index is 13.8. The van der Waals surface area contributed by atoms with Gasteiger partial charge in [0, 0.05) is 46.4 Å². The lowest BCUT2D eigenvalue weighted by Crippen LogP contribution is -2.34. The molecule has 2 aliphatic carbocycles. The van der Waals surface area contributed by atoms with Gasteiger partial charge in [-0.15, -0.1) is 11.3 Å². The van der Waals surface area contributed by atoms with E-state index in [1.54, 1.807) is 35.6 Å². The number of rotatable bonds is 18. The number of carboxylic acid groups (broad SMARTS) is 2. The van der Waals surface area contributed by atoms with Crippen LogP contribution in [0.4, 0.5) is 5.69 Å². The second-order valence-corrected chi connectivity index (χ2v) is 16.9. The van der Waals surface area contributed by atoms with Gasteiger partial charge in [0.05, 0.1) is 16.0 Å². The van der Waals surface area contributed by atoms with Gasteiger partial charge in [-0.05, 0) is 124 Å². The Hall–Kier alpha value is -4.65. The number of aryl methyl sites for hydroxylation is 4. The number of benzene rings is 3. The average molecular weight is 757 g/mol. The number of ketones is 1. The van der Waals surface area contributed by atoms with Crippen molar-refractivity contribution in [2.45, 2.75) is 94.4 Å². The van der Waals surface area contributed by atoms with Crippen LogP contribution in [0.5, 0.6) is 0 Å². The first-order valence-electron chi connectivity index (χ1n) is 18.2. The van der Waals surface area contributed by atoms with Crippen LogP contribution < -0.4 is 5.32 Å². The van der Waals surface area contributed by atoms with E-state index in [0.717, 1.165) is 72.9 Å². The zero-order chi connectivity index (χ0) is 37.5. The molecule has 0 saturated heterocycles. The average Bonchev–Trinajstić information content (AvgIpc) is 3.92. The van der Waals surface area contributed by atoms with E-state index in [-0.39, 0.29) is 47.6 Å². The maximum absolute atomic E-state index is 13.8. The van der Waals surface area contributed by atoms with E-state index < -0.39 is 22.0 Å². The molecule has 53 heavy (non-hydrogen) atoms. The molecule has 1 saturated carbocycles. The number of fused-ring (bicyclic) bond motifs is 1. The molecule has 10 nitrogen and oxygen atoms in total. The SMILES string of the molecule is O=C(O)CCCCN(C1CC1)S(=O)(=O)c1cccc(C(=O)CCc2sc3c(c2C(=O)Nc2ccc(CCc4ccc(C(=O)O)cc4)cc2)CCCC3)c1. The van der Waals surface area contributed by atoms with Gasteiger partial charge in [0.15, 0.2) is 5.78 Å². The van der Waals surface area contributed by atoms with Crippen molar-refractivity contribution in [3.63, 3.8) is 0 Å². The smallest absolute Gasteiger partial charge is 0.335 e. The maximum Gasteiger partial charge on any atom is 0.335 e.